The topological polar surface area (TPSA) is 18.5 Å². The van der Waals surface area contributed by atoms with Crippen molar-refractivity contribution in [3.63, 3.8) is 0 Å². The molecule has 108 valence electrons. The normalized spacial score (nSPS) is 26.8. The zero-order valence-electron chi connectivity index (χ0n) is 12.9. The molecule has 18 heavy (non-hydrogen) atoms. The Morgan fingerprint density at radius 3 is 1.67 bits per heavy atom. The van der Waals surface area contributed by atoms with Crippen molar-refractivity contribution in [1.82, 2.24) is 0 Å². The molecule has 0 aromatic heterocycles. The van der Waals surface area contributed by atoms with E-state index in [1.165, 1.54) is 38.5 Å². The Morgan fingerprint density at radius 1 is 0.833 bits per heavy atom. The minimum atomic E-state index is -0.0293. The fourth-order valence-electron chi connectivity index (χ4n) is 3.57. The van der Waals surface area contributed by atoms with Gasteiger partial charge in [0.25, 0.3) is 0 Å². The lowest BCUT2D eigenvalue weighted by molar-refractivity contribution is -0.137. The lowest BCUT2D eigenvalue weighted by atomic mass is 9.76. The second kappa shape index (κ2) is 8.16. The maximum absolute atomic E-state index is 5.35. The molecule has 0 saturated heterocycles. The molecule has 2 heteroatoms. The fraction of sp³-hybridized carbons (Fsp3) is 1.00. The molecule has 0 aliphatic heterocycles. The van der Waals surface area contributed by atoms with Gasteiger partial charge in [-0.25, -0.2) is 0 Å². The van der Waals surface area contributed by atoms with Crippen LogP contribution in [-0.2, 0) is 9.47 Å². The molecule has 0 spiro atoms. The largest absolute Gasteiger partial charge is 0.356 e. The van der Waals surface area contributed by atoms with E-state index in [1.807, 2.05) is 0 Å². The molecular weight excluding hydrogens is 224 g/mol. The minimum Gasteiger partial charge on any atom is -0.356 e. The average molecular weight is 256 g/mol. The quantitative estimate of drug-likeness (QED) is 0.625. The van der Waals surface area contributed by atoms with Crippen LogP contribution < -0.4 is 0 Å². The zero-order chi connectivity index (χ0) is 13.5. The van der Waals surface area contributed by atoms with Gasteiger partial charge in [-0.3, -0.25) is 0 Å². The molecular formula is C16H32O2. The molecule has 2 nitrogen and oxygen atoms in total. The highest BCUT2D eigenvalue weighted by atomic mass is 16.7. The maximum atomic E-state index is 5.35. The Kier molecular flexibility index (Phi) is 7.25. The summed E-state index contributed by atoms with van der Waals surface area (Å²) >= 11 is 0. The molecule has 0 heterocycles. The van der Waals surface area contributed by atoms with Crippen molar-refractivity contribution in [2.45, 2.75) is 65.6 Å². The molecule has 1 saturated carbocycles. The first-order valence-electron chi connectivity index (χ1n) is 7.62. The van der Waals surface area contributed by atoms with E-state index >= 15 is 0 Å². The van der Waals surface area contributed by atoms with Crippen molar-refractivity contribution in [3.8, 4) is 0 Å². The van der Waals surface area contributed by atoms with Crippen LogP contribution in [0.25, 0.3) is 0 Å². The van der Waals surface area contributed by atoms with E-state index in [4.69, 9.17) is 9.47 Å². The van der Waals surface area contributed by atoms with Crippen LogP contribution in [0.2, 0.25) is 0 Å². The van der Waals surface area contributed by atoms with Crippen LogP contribution >= 0.6 is 0 Å². The minimum absolute atomic E-state index is 0.0293. The van der Waals surface area contributed by atoms with Crippen molar-refractivity contribution < 1.29 is 9.47 Å². The molecule has 1 fully saturated rings. The Bertz CT molecular complexity index is 203. The van der Waals surface area contributed by atoms with Crippen molar-refractivity contribution in [3.05, 3.63) is 0 Å². The summed E-state index contributed by atoms with van der Waals surface area (Å²) in [4.78, 5) is 0. The van der Waals surface area contributed by atoms with Gasteiger partial charge in [-0.05, 0) is 30.6 Å². The highest BCUT2D eigenvalue weighted by Gasteiger charge is 2.25. The van der Waals surface area contributed by atoms with Gasteiger partial charge in [-0.1, -0.05) is 46.5 Å². The first-order chi connectivity index (χ1) is 8.56. The summed E-state index contributed by atoms with van der Waals surface area (Å²) in [6.07, 6.45) is 8.31. The van der Waals surface area contributed by atoms with Crippen molar-refractivity contribution >= 4 is 0 Å². The number of methoxy groups -OCH3 is 2. The summed E-state index contributed by atoms with van der Waals surface area (Å²) in [6.45, 7) is 6.93. The van der Waals surface area contributed by atoms with Crippen molar-refractivity contribution in [2.75, 3.05) is 14.2 Å². The van der Waals surface area contributed by atoms with E-state index in [-0.39, 0.29) is 6.29 Å². The molecule has 1 aliphatic rings. The van der Waals surface area contributed by atoms with Gasteiger partial charge in [0, 0.05) is 20.1 Å². The fourth-order valence-corrected chi connectivity index (χ4v) is 3.57. The Balaban J connectivity index is 2.26. The monoisotopic (exact) mass is 256 g/mol. The third-order valence-electron chi connectivity index (χ3n) is 4.41. The van der Waals surface area contributed by atoms with Crippen LogP contribution in [0.1, 0.15) is 59.3 Å². The van der Waals surface area contributed by atoms with Crippen molar-refractivity contribution in [2.24, 2.45) is 23.7 Å². The summed E-state index contributed by atoms with van der Waals surface area (Å²) < 4.78 is 10.7. The van der Waals surface area contributed by atoms with E-state index in [1.54, 1.807) is 14.2 Å². The van der Waals surface area contributed by atoms with Gasteiger partial charge < -0.3 is 9.47 Å². The van der Waals surface area contributed by atoms with Crippen LogP contribution in [0.3, 0.4) is 0 Å². The zero-order valence-corrected chi connectivity index (χ0v) is 12.9. The van der Waals surface area contributed by atoms with Gasteiger partial charge in [0.05, 0.1) is 0 Å². The molecule has 1 aliphatic carbocycles. The first-order valence-corrected chi connectivity index (χ1v) is 7.62. The van der Waals surface area contributed by atoms with Crippen LogP contribution in [-0.4, -0.2) is 20.5 Å². The molecule has 1 rings (SSSR count). The van der Waals surface area contributed by atoms with Crippen LogP contribution in [0.15, 0.2) is 0 Å². The highest BCUT2D eigenvalue weighted by molar-refractivity contribution is 4.75. The molecule has 1 unspecified atom stereocenters. The molecule has 1 atom stereocenters. The molecule has 0 N–H and O–H groups in total. The molecule has 0 bridgehead atoms. The Morgan fingerprint density at radius 2 is 1.28 bits per heavy atom. The summed E-state index contributed by atoms with van der Waals surface area (Å²) in [7, 11) is 3.48. The van der Waals surface area contributed by atoms with Crippen LogP contribution in [0.4, 0.5) is 0 Å². The number of ether oxygens (including phenoxy) is 2. The smallest absolute Gasteiger partial charge is 0.159 e. The lowest BCUT2D eigenvalue weighted by Gasteiger charge is -2.32. The molecule has 0 aromatic carbocycles. The van der Waals surface area contributed by atoms with Gasteiger partial charge in [0.1, 0.15) is 0 Å². The van der Waals surface area contributed by atoms with E-state index in [0.717, 1.165) is 17.8 Å². The van der Waals surface area contributed by atoms with E-state index < -0.39 is 0 Å². The maximum Gasteiger partial charge on any atom is 0.159 e. The molecule has 0 aromatic rings. The molecule has 0 amide bonds. The van der Waals surface area contributed by atoms with Crippen LogP contribution in [0.5, 0.6) is 0 Å². The SMILES string of the molecule is COC(OC)C(C)CC1CCC(CC(C)C)CC1. The summed E-state index contributed by atoms with van der Waals surface area (Å²) in [5.74, 6) is 3.23. The van der Waals surface area contributed by atoms with Crippen LogP contribution in [0, 0.1) is 23.7 Å². The predicted octanol–water partition coefficient (Wildman–Crippen LogP) is 4.48. The van der Waals surface area contributed by atoms with Gasteiger partial charge >= 0.3 is 0 Å². The predicted molar refractivity (Wildman–Crippen MR) is 76.5 cm³/mol. The Labute approximate surface area is 113 Å². The Hall–Kier alpha value is -0.0800. The summed E-state index contributed by atoms with van der Waals surface area (Å²) in [5.41, 5.74) is 0. The lowest BCUT2D eigenvalue weighted by Crippen LogP contribution is -2.26. The van der Waals surface area contributed by atoms with E-state index in [2.05, 4.69) is 20.8 Å². The van der Waals surface area contributed by atoms with E-state index in [0.29, 0.717) is 5.92 Å². The molecule has 0 radical (unpaired) electrons. The second-order valence-electron chi connectivity index (χ2n) is 6.57. The standard InChI is InChI=1S/C16H32O2/c1-12(2)10-14-6-8-15(9-7-14)11-13(3)16(17-4)18-5/h12-16H,6-11H2,1-5H3. The highest BCUT2D eigenvalue weighted by Crippen LogP contribution is 2.36. The third-order valence-corrected chi connectivity index (χ3v) is 4.41. The second-order valence-corrected chi connectivity index (χ2v) is 6.57. The number of hydrogen-bond acceptors (Lipinski definition) is 2. The van der Waals surface area contributed by atoms with Gasteiger partial charge in [0.15, 0.2) is 6.29 Å². The number of hydrogen-bond donors (Lipinski definition) is 0. The van der Waals surface area contributed by atoms with Gasteiger partial charge in [0.2, 0.25) is 0 Å². The first kappa shape index (κ1) is 16.0. The van der Waals surface area contributed by atoms with Gasteiger partial charge in [-0.15, -0.1) is 0 Å². The summed E-state index contributed by atoms with van der Waals surface area (Å²) in [5, 5.41) is 0. The van der Waals surface area contributed by atoms with E-state index in [9.17, 15) is 0 Å². The average Bonchev–Trinajstić information content (AvgIpc) is 2.32. The number of rotatable bonds is 7. The van der Waals surface area contributed by atoms with Gasteiger partial charge in [-0.2, -0.15) is 0 Å². The van der Waals surface area contributed by atoms with Crippen molar-refractivity contribution in [1.29, 1.82) is 0 Å². The third kappa shape index (κ3) is 5.27. The summed E-state index contributed by atoms with van der Waals surface area (Å²) in [6, 6.07) is 0.